The van der Waals surface area contributed by atoms with Crippen LogP contribution in [0.15, 0.2) is 35.2 Å². The van der Waals surface area contributed by atoms with Gasteiger partial charge in [0.2, 0.25) is 16.8 Å². The van der Waals surface area contributed by atoms with Crippen molar-refractivity contribution in [3.8, 4) is 17.2 Å². The zero-order chi connectivity index (χ0) is 20.5. The second-order valence-electron chi connectivity index (χ2n) is 6.99. The van der Waals surface area contributed by atoms with Crippen LogP contribution in [0.1, 0.15) is 30.5 Å². The smallest absolute Gasteiger partial charge is 0.240 e. The number of ether oxygens (including phenoxy) is 3. The first kappa shape index (κ1) is 20.4. The number of benzene rings is 2. The highest BCUT2D eigenvalue weighted by atomic mass is 32.2. The number of rotatable bonds is 7. The largest absolute Gasteiger partial charge is 0.493 e. The Hall–Kier alpha value is -2.29. The normalized spacial score (nSPS) is 15.3. The van der Waals surface area contributed by atoms with Gasteiger partial charge in [0, 0.05) is 6.54 Å². The van der Waals surface area contributed by atoms with Crippen LogP contribution < -0.4 is 18.9 Å². The summed E-state index contributed by atoms with van der Waals surface area (Å²) in [5, 5.41) is 10.8. The Bertz CT molecular complexity index is 961. The molecule has 28 heavy (non-hydrogen) atoms. The van der Waals surface area contributed by atoms with Gasteiger partial charge in [-0.2, -0.15) is 0 Å². The summed E-state index contributed by atoms with van der Waals surface area (Å²) in [6, 6.07) is 8.17. The van der Waals surface area contributed by atoms with Gasteiger partial charge in [0.25, 0.3) is 0 Å². The molecule has 1 aliphatic heterocycles. The number of nitrogens with one attached hydrogen (secondary N) is 1. The molecule has 152 valence electrons. The second-order valence-corrected chi connectivity index (χ2v) is 8.75. The number of fused-ring (bicyclic) bond motifs is 1. The molecule has 0 spiro atoms. The highest BCUT2D eigenvalue weighted by molar-refractivity contribution is 7.89. The summed E-state index contributed by atoms with van der Waals surface area (Å²) in [5.41, 5.74) is 0.580. The third-order valence-electron chi connectivity index (χ3n) is 4.63. The molecule has 2 aromatic carbocycles. The van der Waals surface area contributed by atoms with E-state index in [0.717, 1.165) is 11.1 Å². The van der Waals surface area contributed by atoms with Crippen LogP contribution in [-0.4, -0.2) is 33.5 Å². The first-order valence-corrected chi connectivity index (χ1v) is 10.5. The van der Waals surface area contributed by atoms with Crippen molar-refractivity contribution >= 4 is 10.0 Å². The predicted octanol–water partition coefficient (Wildman–Crippen LogP) is 2.62. The summed E-state index contributed by atoms with van der Waals surface area (Å²) in [4.78, 5) is 0.132. The fraction of sp³-hybridized carbons (Fsp3) is 0.400. The van der Waals surface area contributed by atoms with Crippen molar-refractivity contribution in [2.45, 2.75) is 38.2 Å². The van der Waals surface area contributed by atoms with E-state index in [1.165, 1.54) is 0 Å². The zero-order valence-corrected chi connectivity index (χ0v) is 17.2. The lowest BCUT2D eigenvalue weighted by atomic mass is 9.96. The molecule has 1 aliphatic rings. The highest BCUT2D eigenvalue weighted by Gasteiger charge is 2.28. The van der Waals surface area contributed by atoms with Gasteiger partial charge in [0.1, 0.15) is 11.4 Å². The highest BCUT2D eigenvalue weighted by Crippen LogP contribution is 2.35. The van der Waals surface area contributed by atoms with Crippen LogP contribution in [-0.2, 0) is 15.6 Å². The monoisotopic (exact) mass is 407 g/mol. The van der Waals surface area contributed by atoms with Crippen LogP contribution in [0.4, 0.5) is 0 Å². The van der Waals surface area contributed by atoms with Crippen LogP contribution in [0.3, 0.4) is 0 Å². The van der Waals surface area contributed by atoms with E-state index in [2.05, 4.69) is 4.72 Å². The molecular formula is C20H25NO6S. The van der Waals surface area contributed by atoms with Crippen LogP contribution in [0.25, 0.3) is 0 Å². The molecule has 1 unspecified atom stereocenters. The first-order chi connectivity index (χ1) is 13.1. The van der Waals surface area contributed by atoms with E-state index in [-0.39, 0.29) is 18.2 Å². The minimum atomic E-state index is -3.81. The van der Waals surface area contributed by atoms with Gasteiger partial charge < -0.3 is 19.3 Å². The van der Waals surface area contributed by atoms with E-state index in [9.17, 15) is 13.5 Å². The summed E-state index contributed by atoms with van der Waals surface area (Å²) in [6.07, 6.45) is 0. The summed E-state index contributed by atoms with van der Waals surface area (Å²) < 4.78 is 44.2. The van der Waals surface area contributed by atoms with Gasteiger partial charge in [-0.25, -0.2) is 13.1 Å². The van der Waals surface area contributed by atoms with E-state index < -0.39 is 15.6 Å². The van der Waals surface area contributed by atoms with E-state index >= 15 is 0 Å². The molecule has 0 amide bonds. The number of hydrogen-bond acceptors (Lipinski definition) is 6. The maximum absolute atomic E-state index is 12.8. The molecule has 2 N–H and O–H groups in total. The van der Waals surface area contributed by atoms with Crippen molar-refractivity contribution in [1.82, 2.24) is 4.72 Å². The molecular weight excluding hydrogens is 382 g/mol. The lowest BCUT2D eigenvalue weighted by Gasteiger charge is -2.24. The van der Waals surface area contributed by atoms with Crippen molar-refractivity contribution in [3.05, 3.63) is 47.0 Å². The van der Waals surface area contributed by atoms with Gasteiger partial charge in [-0.15, -0.1) is 0 Å². The molecule has 0 fully saturated rings. The fourth-order valence-corrected chi connectivity index (χ4v) is 4.39. The van der Waals surface area contributed by atoms with Crippen LogP contribution >= 0.6 is 0 Å². The van der Waals surface area contributed by atoms with Gasteiger partial charge in [-0.3, -0.25) is 0 Å². The average molecular weight is 407 g/mol. The number of aliphatic hydroxyl groups is 1. The minimum absolute atomic E-state index is 0.129. The molecule has 0 bridgehead atoms. The van der Waals surface area contributed by atoms with Gasteiger partial charge in [0.15, 0.2) is 11.5 Å². The van der Waals surface area contributed by atoms with Gasteiger partial charge in [-0.1, -0.05) is 6.07 Å². The first-order valence-electron chi connectivity index (χ1n) is 9.00. The molecule has 0 aliphatic carbocycles. The summed E-state index contributed by atoms with van der Waals surface area (Å²) in [6.45, 7) is 7.47. The van der Waals surface area contributed by atoms with Crippen molar-refractivity contribution in [3.63, 3.8) is 0 Å². The lowest BCUT2D eigenvalue weighted by Crippen LogP contribution is -2.38. The molecule has 0 saturated heterocycles. The molecule has 0 saturated carbocycles. The lowest BCUT2D eigenvalue weighted by molar-refractivity contribution is 0.0625. The molecule has 8 heteroatoms. The van der Waals surface area contributed by atoms with E-state index in [0.29, 0.717) is 29.4 Å². The summed E-state index contributed by atoms with van der Waals surface area (Å²) >= 11 is 0. The van der Waals surface area contributed by atoms with Gasteiger partial charge in [-0.05, 0) is 68.7 Å². The Kier molecular flexibility index (Phi) is 5.56. The molecule has 3 rings (SSSR count). The Morgan fingerprint density at radius 1 is 1.14 bits per heavy atom. The quantitative estimate of drug-likeness (QED) is 0.733. The Labute approximate surface area is 165 Å². The number of aryl methyl sites for hydroxylation is 2. The molecule has 1 atom stereocenters. The van der Waals surface area contributed by atoms with Crippen molar-refractivity contribution in [1.29, 1.82) is 0 Å². The van der Waals surface area contributed by atoms with Crippen molar-refractivity contribution in [2.75, 3.05) is 19.9 Å². The topological polar surface area (TPSA) is 94.1 Å². The molecule has 0 radical (unpaired) electrons. The van der Waals surface area contributed by atoms with Gasteiger partial charge >= 0.3 is 0 Å². The Morgan fingerprint density at radius 3 is 2.43 bits per heavy atom. The van der Waals surface area contributed by atoms with Crippen LogP contribution in [0, 0.1) is 13.8 Å². The average Bonchev–Trinajstić information content (AvgIpc) is 3.11. The van der Waals surface area contributed by atoms with E-state index in [1.54, 1.807) is 51.1 Å². The molecule has 7 nitrogen and oxygen atoms in total. The maximum atomic E-state index is 12.8. The zero-order valence-electron chi connectivity index (χ0n) is 16.4. The summed E-state index contributed by atoms with van der Waals surface area (Å²) in [7, 11) is -3.81. The van der Waals surface area contributed by atoms with Crippen molar-refractivity contribution < 1.29 is 27.7 Å². The fourth-order valence-electron chi connectivity index (χ4n) is 3.09. The third kappa shape index (κ3) is 4.09. The summed E-state index contributed by atoms with van der Waals surface area (Å²) in [5.74, 6) is 1.81. The predicted molar refractivity (Wildman–Crippen MR) is 104 cm³/mol. The van der Waals surface area contributed by atoms with Crippen molar-refractivity contribution in [2.24, 2.45) is 0 Å². The minimum Gasteiger partial charge on any atom is -0.493 e. The molecule has 2 aromatic rings. The Morgan fingerprint density at radius 2 is 1.79 bits per heavy atom. The SMILES string of the molecule is CCOc1c(C)cc(S(=O)(=O)NCC(C)(O)c2ccc3c(c2)OCO3)cc1C. The standard InChI is InChI=1S/C20H25NO6S/c1-5-25-19-13(2)8-16(9-14(19)3)28(23,24)21-11-20(4,22)15-6-7-17-18(10-15)27-12-26-17/h6-10,21-22H,5,11-12H2,1-4H3. The Balaban J connectivity index is 1.79. The van der Waals surface area contributed by atoms with Crippen LogP contribution in [0.5, 0.6) is 17.2 Å². The van der Waals surface area contributed by atoms with E-state index in [4.69, 9.17) is 14.2 Å². The molecule has 0 aromatic heterocycles. The van der Waals surface area contributed by atoms with Gasteiger partial charge in [0.05, 0.1) is 11.5 Å². The second kappa shape index (κ2) is 7.62. The third-order valence-corrected chi connectivity index (χ3v) is 6.01. The number of hydrogen-bond donors (Lipinski definition) is 2. The number of sulfonamides is 1. The van der Waals surface area contributed by atoms with Crippen LogP contribution in [0.2, 0.25) is 0 Å². The molecule has 1 heterocycles. The maximum Gasteiger partial charge on any atom is 0.240 e. The van der Waals surface area contributed by atoms with E-state index in [1.807, 2.05) is 6.92 Å².